The largest absolute Gasteiger partial charge is 0.489 e. The van der Waals surface area contributed by atoms with Crippen molar-refractivity contribution in [3.05, 3.63) is 24.0 Å². The predicted octanol–water partition coefficient (Wildman–Crippen LogP) is 4.20. The average molecular weight is 308 g/mol. The van der Waals surface area contributed by atoms with E-state index in [9.17, 15) is 0 Å². The van der Waals surface area contributed by atoms with Crippen LogP contribution in [-0.2, 0) is 0 Å². The zero-order valence-electron chi connectivity index (χ0n) is 13.5. The Morgan fingerprint density at radius 1 is 1.33 bits per heavy atom. The average Bonchev–Trinajstić information content (AvgIpc) is 2.96. The van der Waals surface area contributed by atoms with Crippen LogP contribution in [0.15, 0.2) is 18.5 Å². The van der Waals surface area contributed by atoms with Gasteiger partial charge in [0.1, 0.15) is 5.75 Å². The second kappa shape index (κ2) is 8.64. The zero-order valence-corrected chi connectivity index (χ0v) is 14.3. The molecular formula is C17H28N2OS. The van der Waals surface area contributed by atoms with Gasteiger partial charge >= 0.3 is 0 Å². The standard InChI is InChI=1S/C17H28N2OS/c1-4-19-17(12-21-16-7-5-6-8-16)14-9-15(11-18-10-14)20-13(2)3/h9-11,13,16-17,19H,4-8,12H2,1-3H3. The molecule has 1 heterocycles. The molecule has 1 aromatic rings. The molecule has 1 N–H and O–H groups in total. The van der Waals surface area contributed by atoms with Crippen LogP contribution in [0.1, 0.15) is 58.1 Å². The number of thioether (sulfide) groups is 1. The Balaban J connectivity index is 1.98. The van der Waals surface area contributed by atoms with Crippen LogP contribution in [0.25, 0.3) is 0 Å². The monoisotopic (exact) mass is 308 g/mol. The number of aromatic nitrogens is 1. The first-order chi connectivity index (χ1) is 10.2. The van der Waals surface area contributed by atoms with Gasteiger partial charge in [-0.25, -0.2) is 0 Å². The summed E-state index contributed by atoms with van der Waals surface area (Å²) < 4.78 is 5.76. The van der Waals surface area contributed by atoms with Crippen LogP contribution in [0.4, 0.5) is 0 Å². The lowest BCUT2D eigenvalue weighted by Gasteiger charge is -2.20. The molecule has 1 aliphatic carbocycles. The normalized spacial score (nSPS) is 17.3. The van der Waals surface area contributed by atoms with E-state index >= 15 is 0 Å². The number of ether oxygens (including phenoxy) is 1. The van der Waals surface area contributed by atoms with Crippen molar-refractivity contribution in [3.63, 3.8) is 0 Å². The first-order valence-corrected chi connectivity index (χ1v) is 9.20. The van der Waals surface area contributed by atoms with Gasteiger partial charge in [0.25, 0.3) is 0 Å². The fraction of sp³-hybridized carbons (Fsp3) is 0.706. The van der Waals surface area contributed by atoms with Gasteiger partial charge in [0, 0.05) is 23.2 Å². The van der Waals surface area contributed by atoms with E-state index in [4.69, 9.17) is 4.74 Å². The molecule has 0 radical (unpaired) electrons. The summed E-state index contributed by atoms with van der Waals surface area (Å²) >= 11 is 2.12. The Bertz CT molecular complexity index is 419. The molecule has 1 fully saturated rings. The van der Waals surface area contributed by atoms with Gasteiger partial charge in [0.05, 0.1) is 12.3 Å². The fourth-order valence-electron chi connectivity index (χ4n) is 2.77. The van der Waals surface area contributed by atoms with Gasteiger partial charge in [0.2, 0.25) is 0 Å². The van der Waals surface area contributed by atoms with Gasteiger partial charge in [-0.1, -0.05) is 19.8 Å². The van der Waals surface area contributed by atoms with Crippen LogP contribution < -0.4 is 10.1 Å². The Morgan fingerprint density at radius 2 is 2.10 bits per heavy atom. The van der Waals surface area contributed by atoms with Crippen molar-refractivity contribution < 1.29 is 4.74 Å². The predicted molar refractivity (Wildman–Crippen MR) is 91.1 cm³/mol. The van der Waals surface area contributed by atoms with Crippen LogP contribution in [0.3, 0.4) is 0 Å². The highest BCUT2D eigenvalue weighted by atomic mass is 32.2. The van der Waals surface area contributed by atoms with Gasteiger partial charge < -0.3 is 10.1 Å². The molecule has 0 spiro atoms. The molecule has 21 heavy (non-hydrogen) atoms. The van der Waals surface area contributed by atoms with Crippen molar-refractivity contribution in [2.24, 2.45) is 0 Å². The lowest BCUT2D eigenvalue weighted by atomic mass is 10.1. The number of rotatable bonds is 8. The Morgan fingerprint density at radius 3 is 2.76 bits per heavy atom. The Kier molecular flexibility index (Phi) is 6.84. The summed E-state index contributed by atoms with van der Waals surface area (Å²) in [6.07, 6.45) is 9.54. The van der Waals surface area contributed by atoms with Crippen LogP contribution >= 0.6 is 11.8 Å². The van der Waals surface area contributed by atoms with E-state index < -0.39 is 0 Å². The molecule has 1 saturated carbocycles. The lowest BCUT2D eigenvalue weighted by molar-refractivity contribution is 0.241. The smallest absolute Gasteiger partial charge is 0.138 e. The number of hydrogen-bond donors (Lipinski definition) is 1. The molecule has 3 nitrogen and oxygen atoms in total. The zero-order chi connectivity index (χ0) is 15.1. The third-order valence-electron chi connectivity index (χ3n) is 3.76. The molecule has 0 amide bonds. The van der Waals surface area contributed by atoms with Crippen LogP contribution in [0.2, 0.25) is 0 Å². The molecule has 0 aliphatic heterocycles. The summed E-state index contributed by atoms with van der Waals surface area (Å²) in [7, 11) is 0. The minimum atomic E-state index is 0.187. The van der Waals surface area contributed by atoms with Crippen LogP contribution in [0, 0.1) is 0 Å². The van der Waals surface area contributed by atoms with Crippen molar-refractivity contribution in [3.8, 4) is 5.75 Å². The lowest BCUT2D eigenvalue weighted by Crippen LogP contribution is -2.24. The highest BCUT2D eigenvalue weighted by Gasteiger charge is 2.19. The molecule has 0 aromatic carbocycles. The molecule has 1 unspecified atom stereocenters. The van der Waals surface area contributed by atoms with E-state index in [1.165, 1.54) is 31.2 Å². The van der Waals surface area contributed by atoms with Gasteiger partial charge in [0.15, 0.2) is 0 Å². The van der Waals surface area contributed by atoms with Crippen molar-refractivity contribution in [2.45, 2.75) is 63.9 Å². The molecule has 0 saturated heterocycles. The third kappa shape index (κ3) is 5.51. The van der Waals surface area contributed by atoms with Crippen molar-refractivity contribution >= 4 is 11.8 Å². The van der Waals surface area contributed by atoms with Crippen LogP contribution in [0.5, 0.6) is 5.75 Å². The minimum absolute atomic E-state index is 0.187. The summed E-state index contributed by atoms with van der Waals surface area (Å²) in [5.74, 6) is 1.99. The molecule has 0 bridgehead atoms. The summed E-state index contributed by atoms with van der Waals surface area (Å²) in [6, 6.07) is 2.50. The molecule has 118 valence electrons. The first-order valence-electron chi connectivity index (χ1n) is 8.15. The van der Waals surface area contributed by atoms with Crippen molar-refractivity contribution in [2.75, 3.05) is 12.3 Å². The first kappa shape index (κ1) is 16.6. The summed E-state index contributed by atoms with van der Waals surface area (Å²) in [5.41, 5.74) is 1.24. The van der Waals surface area contributed by atoms with Crippen molar-refractivity contribution in [1.82, 2.24) is 10.3 Å². The highest BCUT2D eigenvalue weighted by Crippen LogP contribution is 2.32. The maximum absolute atomic E-state index is 5.76. The molecular weight excluding hydrogens is 280 g/mol. The van der Waals surface area contributed by atoms with E-state index in [1.807, 2.05) is 20.0 Å². The second-order valence-corrected chi connectivity index (χ2v) is 7.30. The summed E-state index contributed by atoms with van der Waals surface area (Å²) in [4.78, 5) is 4.35. The summed E-state index contributed by atoms with van der Waals surface area (Å²) in [5, 5.41) is 4.44. The third-order valence-corrected chi connectivity index (χ3v) is 5.23. The Hall–Kier alpha value is -0.740. The second-order valence-electron chi connectivity index (χ2n) is 5.97. The maximum atomic E-state index is 5.76. The van der Waals surface area contributed by atoms with E-state index in [1.54, 1.807) is 6.20 Å². The molecule has 1 aliphatic rings. The van der Waals surface area contributed by atoms with Gasteiger partial charge in [-0.05, 0) is 44.9 Å². The fourth-order valence-corrected chi connectivity index (χ4v) is 4.21. The maximum Gasteiger partial charge on any atom is 0.138 e. The van der Waals surface area contributed by atoms with E-state index in [2.05, 4.69) is 35.1 Å². The summed E-state index contributed by atoms with van der Waals surface area (Å²) in [6.45, 7) is 7.23. The number of nitrogens with zero attached hydrogens (tertiary/aromatic N) is 1. The number of pyridine rings is 1. The number of nitrogens with one attached hydrogen (secondary N) is 1. The molecule has 1 atom stereocenters. The SMILES string of the molecule is CCNC(CSC1CCCC1)c1cncc(OC(C)C)c1. The molecule has 1 aromatic heterocycles. The highest BCUT2D eigenvalue weighted by molar-refractivity contribution is 7.99. The van der Waals surface area contributed by atoms with Crippen LogP contribution in [-0.4, -0.2) is 28.6 Å². The van der Waals surface area contributed by atoms with E-state index in [-0.39, 0.29) is 6.10 Å². The van der Waals surface area contributed by atoms with Crippen molar-refractivity contribution in [1.29, 1.82) is 0 Å². The Labute approximate surface area is 133 Å². The molecule has 4 heteroatoms. The molecule has 2 rings (SSSR count). The van der Waals surface area contributed by atoms with Gasteiger partial charge in [-0.2, -0.15) is 11.8 Å². The van der Waals surface area contributed by atoms with Gasteiger partial charge in [-0.15, -0.1) is 0 Å². The van der Waals surface area contributed by atoms with Gasteiger partial charge in [-0.3, -0.25) is 4.98 Å². The minimum Gasteiger partial charge on any atom is -0.489 e. The topological polar surface area (TPSA) is 34.2 Å². The van der Waals surface area contributed by atoms with E-state index in [0.717, 1.165) is 23.3 Å². The number of hydrogen-bond acceptors (Lipinski definition) is 4. The van der Waals surface area contributed by atoms with E-state index in [0.29, 0.717) is 6.04 Å². The quantitative estimate of drug-likeness (QED) is 0.780.